The van der Waals surface area contributed by atoms with Gasteiger partial charge in [0, 0.05) is 6.42 Å². The normalized spacial score (nSPS) is 10.4. The Morgan fingerprint density at radius 1 is 0.952 bits per heavy atom. The van der Waals surface area contributed by atoms with Gasteiger partial charge in [-0.1, -0.05) is 45.4 Å². The van der Waals surface area contributed by atoms with Gasteiger partial charge in [0.25, 0.3) is 0 Å². The van der Waals surface area contributed by atoms with E-state index in [2.05, 4.69) is 6.92 Å². The number of carbonyl (C=O) groups is 1. The summed E-state index contributed by atoms with van der Waals surface area (Å²) >= 11 is 0. The number of ether oxygens (including phenoxy) is 2. The Morgan fingerprint density at radius 3 is 2.24 bits per heavy atom. The number of unbranched alkanes of at least 4 members (excludes halogenated alkanes) is 6. The van der Waals surface area contributed by atoms with Crippen molar-refractivity contribution < 1.29 is 14.3 Å². The zero-order valence-electron chi connectivity index (χ0n) is 13.6. The number of rotatable bonds is 11. The van der Waals surface area contributed by atoms with Gasteiger partial charge in [0.05, 0.1) is 19.8 Å². The Kier molecular flexibility index (Phi) is 8.56. The third kappa shape index (κ3) is 6.19. The van der Waals surface area contributed by atoms with Crippen LogP contribution in [0, 0.1) is 0 Å². The summed E-state index contributed by atoms with van der Waals surface area (Å²) in [4.78, 5) is 12.3. The molecule has 0 radical (unpaired) electrons. The maximum absolute atomic E-state index is 12.3. The largest absolute Gasteiger partial charge is 0.497 e. The Morgan fingerprint density at radius 2 is 1.62 bits per heavy atom. The van der Waals surface area contributed by atoms with Gasteiger partial charge in [-0.05, 0) is 24.6 Å². The van der Waals surface area contributed by atoms with Gasteiger partial charge < -0.3 is 9.47 Å². The molecular formula is C18H28O3. The monoisotopic (exact) mass is 292 g/mol. The zero-order chi connectivity index (χ0) is 15.5. The lowest BCUT2D eigenvalue weighted by molar-refractivity contribution is 0.0975. The summed E-state index contributed by atoms with van der Waals surface area (Å²) in [6.45, 7) is 2.22. The number of hydrogen-bond acceptors (Lipinski definition) is 3. The Labute approximate surface area is 128 Å². The van der Waals surface area contributed by atoms with Crippen molar-refractivity contribution in [2.75, 3.05) is 14.2 Å². The number of carbonyl (C=O) groups excluding carboxylic acids is 1. The second-order valence-electron chi connectivity index (χ2n) is 5.36. The second-order valence-corrected chi connectivity index (χ2v) is 5.36. The molecule has 0 aliphatic rings. The molecule has 0 heterocycles. The molecule has 3 nitrogen and oxygen atoms in total. The minimum Gasteiger partial charge on any atom is -0.497 e. The summed E-state index contributed by atoms with van der Waals surface area (Å²) in [5.41, 5.74) is 0.628. The molecule has 0 saturated carbocycles. The lowest BCUT2D eigenvalue weighted by Crippen LogP contribution is -2.03. The van der Waals surface area contributed by atoms with E-state index in [1.54, 1.807) is 26.4 Å². The van der Waals surface area contributed by atoms with Crippen LogP contribution in [0.4, 0.5) is 0 Å². The highest BCUT2D eigenvalue weighted by atomic mass is 16.5. The van der Waals surface area contributed by atoms with Crippen LogP contribution in [0.3, 0.4) is 0 Å². The first-order valence-corrected chi connectivity index (χ1v) is 7.98. The molecule has 0 aliphatic heterocycles. The van der Waals surface area contributed by atoms with Crippen molar-refractivity contribution in [3.63, 3.8) is 0 Å². The molecule has 0 atom stereocenters. The summed E-state index contributed by atoms with van der Waals surface area (Å²) in [5.74, 6) is 1.46. The minimum absolute atomic E-state index is 0.138. The maximum atomic E-state index is 12.3. The maximum Gasteiger partial charge on any atom is 0.166 e. The molecule has 21 heavy (non-hydrogen) atoms. The molecule has 0 aromatic heterocycles. The van der Waals surface area contributed by atoms with Gasteiger partial charge in [0.15, 0.2) is 5.78 Å². The van der Waals surface area contributed by atoms with Crippen LogP contribution in [0.15, 0.2) is 18.2 Å². The van der Waals surface area contributed by atoms with E-state index in [-0.39, 0.29) is 5.78 Å². The highest BCUT2D eigenvalue weighted by Gasteiger charge is 2.13. The molecule has 3 heteroatoms. The van der Waals surface area contributed by atoms with Gasteiger partial charge >= 0.3 is 0 Å². The molecule has 0 bridgehead atoms. The van der Waals surface area contributed by atoms with Crippen molar-refractivity contribution in [1.82, 2.24) is 0 Å². The molecular weight excluding hydrogens is 264 g/mol. The zero-order valence-corrected chi connectivity index (χ0v) is 13.6. The molecule has 0 unspecified atom stereocenters. The van der Waals surface area contributed by atoms with Crippen molar-refractivity contribution in [2.45, 2.75) is 58.3 Å². The molecule has 118 valence electrons. The lowest BCUT2D eigenvalue weighted by Gasteiger charge is -2.09. The molecule has 1 rings (SSSR count). The van der Waals surface area contributed by atoms with Gasteiger partial charge in [-0.2, -0.15) is 0 Å². The number of hydrogen-bond donors (Lipinski definition) is 0. The highest BCUT2D eigenvalue weighted by Crippen LogP contribution is 2.25. The molecule has 0 fully saturated rings. The highest BCUT2D eigenvalue weighted by molar-refractivity contribution is 5.99. The van der Waals surface area contributed by atoms with Crippen LogP contribution in [0.1, 0.15) is 68.6 Å². The van der Waals surface area contributed by atoms with Crippen LogP contribution in [-0.2, 0) is 0 Å². The van der Waals surface area contributed by atoms with E-state index in [4.69, 9.17) is 9.47 Å². The summed E-state index contributed by atoms with van der Waals surface area (Å²) in [7, 11) is 3.19. The van der Waals surface area contributed by atoms with E-state index in [0.717, 1.165) is 12.8 Å². The van der Waals surface area contributed by atoms with Gasteiger partial charge in [-0.15, -0.1) is 0 Å². The summed E-state index contributed by atoms with van der Waals surface area (Å²) < 4.78 is 10.4. The average Bonchev–Trinajstić information content (AvgIpc) is 2.53. The van der Waals surface area contributed by atoms with Crippen LogP contribution < -0.4 is 9.47 Å². The fourth-order valence-electron chi connectivity index (χ4n) is 2.41. The molecule has 1 aromatic carbocycles. The quantitative estimate of drug-likeness (QED) is 0.424. The topological polar surface area (TPSA) is 35.5 Å². The molecule has 0 spiro atoms. The van der Waals surface area contributed by atoms with E-state index >= 15 is 0 Å². The van der Waals surface area contributed by atoms with Crippen LogP contribution in [0.2, 0.25) is 0 Å². The van der Waals surface area contributed by atoms with Crippen LogP contribution in [0.5, 0.6) is 11.5 Å². The van der Waals surface area contributed by atoms with Crippen molar-refractivity contribution >= 4 is 5.78 Å². The minimum atomic E-state index is 0.138. The molecule has 0 amide bonds. The number of methoxy groups -OCH3 is 2. The predicted molar refractivity (Wildman–Crippen MR) is 86.5 cm³/mol. The Hall–Kier alpha value is -1.51. The van der Waals surface area contributed by atoms with Crippen LogP contribution in [0.25, 0.3) is 0 Å². The Bertz CT molecular complexity index is 426. The first-order valence-electron chi connectivity index (χ1n) is 7.98. The molecule has 1 aromatic rings. The van der Waals surface area contributed by atoms with E-state index in [1.165, 1.54) is 32.1 Å². The van der Waals surface area contributed by atoms with E-state index in [1.807, 2.05) is 6.07 Å². The summed E-state index contributed by atoms with van der Waals surface area (Å²) in [6.07, 6.45) is 9.07. The van der Waals surface area contributed by atoms with Crippen LogP contribution >= 0.6 is 0 Å². The van der Waals surface area contributed by atoms with Gasteiger partial charge in [0.1, 0.15) is 11.5 Å². The smallest absolute Gasteiger partial charge is 0.166 e. The van der Waals surface area contributed by atoms with Crippen molar-refractivity contribution in [2.24, 2.45) is 0 Å². The van der Waals surface area contributed by atoms with Crippen molar-refractivity contribution in [3.05, 3.63) is 23.8 Å². The van der Waals surface area contributed by atoms with E-state index in [9.17, 15) is 4.79 Å². The van der Waals surface area contributed by atoms with Crippen molar-refractivity contribution in [1.29, 1.82) is 0 Å². The first kappa shape index (κ1) is 17.5. The SMILES string of the molecule is CCCCCCCCCC(=O)c1cc(OC)ccc1OC. The van der Waals surface area contributed by atoms with Crippen molar-refractivity contribution in [3.8, 4) is 11.5 Å². The van der Waals surface area contributed by atoms with Crippen LogP contribution in [-0.4, -0.2) is 20.0 Å². The van der Waals surface area contributed by atoms with E-state index in [0.29, 0.717) is 23.5 Å². The second kappa shape index (κ2) is 10.3. The number of ketones is 1. The molecule has 0 N–H and O–H groups in total. The third-order valence-electron chi connectivity index (χ3n) is 3.71. The lowest BCUT2D eigenvalue weighted by atomic mass is 10.0. The first-order chi connectivity index (χ1) is 10.2. The molecule has 0 saturated heterocycles. The molecule has 0 aliphatic carbocycles. The number of benzene rings is 1. The van der Waals surface area contributed by atoms with E-state index < -0.39 is 0 Å². The fourth-order valence-corrected chi connectivity index (χ4v) is 2.41. The Balaban J connectivity index is 2.41. The standard InChI is InChI=1S/C18H28O3/c1-4-5-6-7-8-9-10-11-17(19)16-14-15(20-2)12-13-18(16)21-3/h12-14H,4-11H2,1-3H3. The van der Waals surface area contributed by atoms with Gasteiger partial charge in [0.2, 0.25) is 0 Å². The fraction of sp³-hybridized carbons (Fsp3) is 0.611. The number of Topliss-reactive ketones (excluding diaryl/α,β-unsaturated/α-hetero) is 1. The summed E-state index contributed by atoms with van der Waals surface area (Å²) in [6, 6.07) is 5.36. The summed E-state index contributed by atoms with van der Waals surface area (Å²) in [5, 5.41) is 0. The average molecular weight is 292 g/mol. The third-order valence-corrected chi connectivity index (χ3v) is 3.71. The van der Waals surface area contributed by atoms with Gasteiger partial charge in [-0.25, -0.2) is 0 Å². The predicted octanol–water partition coefficient (Wildman–Crippen LogP) is 5.03. The van der Waals surface area contributed by atoms with Gasteiger partial charge in [-0.3, -0.25) is 4.79 Å².